The maximum absolute atomic E-state index is 12.5. The van der Waals surface area contributed by atoms with Crippen LogP contribution in [-0.2, 0) is 4.79 Å². The number of nitro groups is 1. The molecular weight excluding hydrogens is 460 g/mol. The summed E-state index contributed by atoms with van der Waals surface area (Å²) in [6.07, 6.45) is 3.39. The Morgan fingerprint density at radius 2 is 1.76 bits per heavy atom. The molecule has 3 aromatic rings. The third kappa shape index (κ3) is 5.44. The number of amides is 2. The molecule has 2 amide bonds. The van der Waals surface area contributed by atoms with Crippen molar-refractivity contribution in [2.24, 2.45) is 0 Å². The fourth-order valence-corrected chi connectivity index (χ4v) is 3.89. The molecule has 1 saturated heterocycles. The van der Waals surface area contributed by atoms with Crippen LogP contribution < -0.4 is 10.2 Å². The molecular formula is C24H21ClN4O5. The molecule has 2 heterocycles. The summed E-state index contributed by atoms with van der Waals surface area (Å²) in [5.74, 6) is -1.33. The quantitative estimate of drug-likeness (QED) is 0.317. The van der Waals surface area contributed by atoms with E-state index in [4.69, 9.17) is 16.0 Å². The molecule has 1 N–H and O–H groups in total. The Morgan fingerprint density at radius 3 is 2.41 bits per heavy atom. The van der Waals surface area contributed by atoms with Gasteiger partial charge < -0.3 is 19.5 Å². The highest BCUT2D eigenvalue weighted by Gasteiger charge is 2.22. The van der Waals surface area contributed by atoms with E-state index in [9.17, 15) is 19.7 Å². The molecule has 0 bridgehead atoms. The SMILES string of the molecule is O=C(Nc1ccc(N2CCN(C(=O)C=Cc3ccccc3)CC2)c(Cl)c1)c1ccc([N+](=O)[O-])o1. The van der Waals surface area contributed by atoms with E-state index in [1.165, 1.54) is 6.07 Å². The minimum Gasteiger partial charge on any atom is -0.395 e. The second-order valence-electron chi connectivity index (χ2n) is 7.57. The first-order chi connectivity index (χ1) is 16.4. The molecule has 9 nitrogen and oxygen atoms in total. The topological polar surface area (TPSA) is 109 Å². The van der Waals surface area contributed by atoms with Crippen LogP contribution >= 0.6 is 11.6 Å². The number of nitrogens with zero attached hydrogens (tertiary/aromatic N) is 3. The lowest BCUT2D eigenvalue weighted by molar-refractivity contribution is -0.402. The first-order valence-corrected chi connectivity index (χ1v) is 10.9. The molecule has 0 aliphatic carbocycles. The van der Waals surface area contributed by atoms with Gasteiger partial charge in [-0.25, -0.2) is 0 Å². The van der Waals surface area contributed by atoms with Crippen LogP contribution in [0.5, 0.6) is 0 Å². The Bertz CT molecular complexity index is 1230. The summed E-state index contributed by atoms with van der Waals surface area (Å²) in [6.45, 7) is 2.35. The maximum atomic E-state index is 12.5. The van der Waals surface area contributed by atoms with Gasteiger partial charge >= 0.3 is 5.88 Å². The van der Waals surface area contributed by atoms with E-state index in [0.29, 0.717) is 36.9 Å². The van der Waals surface area contributed by atoms with Crippen molar-refractivity contribution < 1.29 is 18.9 Å². The number of nitrogens with one attached hydrogen (secondary N) is 1. The van der Waals surface area contributed by atoms with Crippen molar-refractivity contribution in [1.29, 1.82) is 0 Å². The number of furan rings is 1. The lowest BCUT2D eigenvalue weighted by Crippen LogP contribution is -2.48. The second-order valence-corrected chi connectivity index (χ2v) is 7.98. The van der Waals surface area contributed by atoms with Crippen LogP contribution in [0.2, 0.25) is 5.02 Å². The van der Waals surface area contributed by atoms with E-state index in [1.807, 2.05) is 30.3 Å². The van der Waals surface area contributed by atoms with Crippen molar-refractivity contribution >= 4 is 46.8 Å². The van der Waals surface area contributed by atoms with Gasteiger partial charge in [-0.05, 0) is 35.9 Å². The number of rotatable bonds is 6. The number of carbonyl (C=O) groups excluding carboxylic acids is 2. The summed E-state index contributed by atoms with van der Waals surface area (Å²) < 4.78 is 4.91. The van der Waals surface area contributed by atoms with E-state index >= 15 is 0 Å². The zero-order chi connectivity index (χ0) is 24.1. The van der Waals surface area contributed by atoms with Crippen molar-refractivity contribution in [2.45, 2.75) is 0 Å². The lowest BCUT2D eigenvalue weighted by atomic mass is 10.2. The van der Waals surface area contributed by atoms with Gasteiger partial charge in [0.05, 0.1) is 16.8 Å². The van der Waals surface area contributed by atoms with Gasteiger partial charge in [0.1, 0.15) is 4.92 Å². The van der Waals surface area contributed by atoms with Crippen LogP contribution in [0.15, 0.2) is 71.2 Å². The molecule has 34 heavy (non-hydrogen) atoms. The fraction of sp³-hybridized carbons (Fsp3) is 0.167. The van der Waals surface area contributed by atoms with Gasteiger partial charge in [-0.2, -0.15) is 0 Å². The van der Waals surface area contributed by atoms with Crippen LogP contribution in [0.4, 0.5) is 17.3 Å². The average Bonchev–Trinajstić information content (AvgIpc) is 3.35. The van der Waals surface area contributed by atoms with Crippen LogP contribution in [0.25, 0.3) is 6.08 Å². The van der Waals surface area contributed by atoms with E-state index in [2.05, 4.69) is 10.2 Å². The van der Waals surface area contributed by atoms with Gasteiger partial charge in [-0.15, -0.1) is 0 Å². The second kappa shape index (κ2) is 10.2. The van der Waals surface area contributed by atoms with Crippen LogP contribution in [0.1, 0.15) is 16.1 Å². The van der Waals surface area contributed by atoms with Gasteiger partial charge in [0.2, 0.25) is 5.91 Å². The molecule has 1 aromatic heterocycles. The average molecular weight is 481 g/mol. The Morgan fingerprint density at radius 1 is 1.03 bits per heavy atom. The maximum Gasteiger partial charge on any atom is 0.433 e. The Hall–Kier alpha value is -4.11. The van der Waals surface area contributed by atoms with E-state index in [0.717, 1.165) is 17.3 Å². The smallest absolute Gasteiger partial charge is 0.395 e. The molecule has 1 aliphatic heterocycles. The van der Waals surface area contributed by atoms with Crippen molar-refractivity contribution in [3.63, 3.8) is 0 Å². The number of benzene rings is 2. The summed E-state index contributed by atoms with van der Waals surface area (Å²) in [5, 5.41) is 13.8. The summed E-state index contributed by atoms with van der Waals surface area (Å²) >= 11 is 6.46. The molecule has 0 atom stereocenters. The number of carbonyl (C=O) groups is 2. The number of halogens is 1. The predicted molar refractivity (Wildman–Crippen MR) is 129 cm³/mol. The van der Waals surface area contributed by atoms with E-state index in [1.54, 1.807) is 35.3 Å². The van der Waals surface area contributed by atoms with Crippen molar-refractivity contribution in [1.82, 2.24) is 4.90 Å². The lowest BCUT2D eigenvalue weighted by Gasteiger charge is -2.36. The minimum atomic E-state index is -0.713. The zero-order valence-electron chi connectivity index (χ0n) is 18.0. The molecule has 0 unspecified atom stereocenters. The minimum absolute atomic E-state index is 0.0363. The van der Waals surface area contributed by atoms with Crippen LogP contribution in [-0.4, -0.2) is 47.8 Å². The molecule has 10 heteroatoms. The fourth-order valence-electron chi connectivity index (χ4n) is 3.59. The number of anilines is 2. The Labute approximate surface area is 200 Å². The van der Waals surface area contributed by atoms with Gasteiger partial charge in [0.15, 0.2) is 5.76 Å². The highest BCUT2D eigenvalue weighted by atomic mass is 35.5. The molecule has 1 aliphatic rings. The summed E-state index contributed by atoms with van der Waals surface area (Å²) in [6, 6.07) is 17.1. The predicted octanol–water partition coefficient (Wildman–Crippen LogP) is 4.46. The summed E-state index contributed by atoms with van der Waals surface area (Å²) in [4.78, 5) is 38.6. The normalized spacial score (nSPS) is 13.8. The van der Waals surface area contributed by atoms with Crippen molar-refractivity contribution in [3.8, 4) is 0 Å². The third-order valence-electron chi connectivity index (χ3n) is 5.35. The molecule has 0 spiro atoms. The van der Waals surface area contributed by atoms with E-state index in [-0.39, 0.29) is 11.7 Å². The third-order valence-corrected chi connectivity index (χ3v) is 5.65. The van der Waals surface area contributed by atoms with Gasteiger partial charge in [0.25, 0.3) is 5.91 Å². The van der Waals surface area contributed by atoms with Crippen molar-refractivity contribution in [3.05, 3.63) is 93.2 Å². The molecule has 0 saturated carbocycles. The highest BCUT2D eigenvalue weighted by molar-refractivity contribution is 6.33. The largest absolute Gasteiger partial charge is 0.433 e. The van der Waals surface area contributed by atoms with Crippen LogP contribution in [0.3, 0.4) is 0 Å². The summed E-state index contributed by atoms with van der Waals surface area (Å²) in [7, 11) is 0. The molecule has 0 radical (unpaired) electrons. The van der Waals surface area contributed by atoms with E-state index < -0.39 is 16.7 Å². The van der Waals surface area contributed by atoms with Gasteiger partial charge in [-0.3, -0.25) is 19.7 Å². The Balaban J connectivity index is 1.33. The molecule has 174 valence electrons. The number of hydrogen-bond donors (Lipinski definition) is 1. The molecule has 2 aromatic carbocycles. The monoisotopic (exact) mass is 480 g/mol. The molecule has 1 fully saturated rings. The number of piperazine rings is 1. The molecule has 4 rings (SSSR count). The van der Waals surface area contributed by atoms with Crippen molar-refractivity contribution in [2.75, 3.05) is 36.4 Å². The Kier molecular flexibility index (Phi) is 6.93. The van der Waals surface area contributed by atoms with Gasteiger partial charge in [0, 0.05) is 37.9 Å². The zero-order valence-corrected chi connectivity index (χ0v) is 18.8. The van der Waals surface area contributed by atoms with Gasteiger partial charge in [-0.1, -0.05) is 41.9 Å². The first kappa shape index (κ1) is 23.1. The first-order valence-electron chi connectivity index (χ1n) is 10.5. The summed E-state index contributed by atoms with van der Waals surface area (Å²) in [5.41, 5.74) is 2.19. The highest BCUT2D eigenvalue weighted by Crippen LogP contribution is 2.30. The number of hydrogen-bond acceptors (Lipinski definition) is 6. The standard InChI is InChI=1S/C24H21ClN4O5/c25-19-16-18(26-24(31)21-9-11-23(34-21)29(32)33)7-8-20(19)27-12-14-28(15-13-27)22(30)10-6-17-4-2-1-3-5-17/h1-11,16H,12-15H2,(H,26,31). The van der Waals surface area contributed by atoms with Crippen LogP contribution in [0, 0.1) is 10.1 Å².